The lowest BCUT2D eigenvalue weighted by Crippen LogP contribution is -2.48. The summed E-state index contributed by atoms with van der Waals surface area (Å²) < 4.78 is 37.9. The number of rotatable bonds is 3. The molecular weight excluding hydrogens is 297 g/mol. The Bertz CT molecular complexity index is 534. The summed E-state index contributed by atoms with van der Waals surface area (Å²) in [4.78, 5) is 14.0. The average Bonchev–Trinajstić information content (AvgIpc) is 2.46. The van der Waals surface area contributed by atoms with Crippen molar-refractivity contribution in [1.29, 1.82) is 0 Å². The quantitative estimate of drug-likeness (QED) is 0.901. The predicted molar refractivity (Wildman–Crippen MR) is 76.3 cm³/mol. The van der Waals surface area contributed by atoms with Gasteiger partial charge in [0, 0.05) is 12.2 Å². The van der Waals surface area contributed by atoms with Gasteiger partial charge in [0.2, 0.25) is 5.91 Å². The molecule has 1 amide bonds. The Balaban J connectivity index is 2.02. The Labute approximate surface area is 126 Å². The monoisotopic (exact) mass is 316 g/mol. The third-order valence-corrected chi connectivity index (χ3v) is 3.81. The molecule has 122 valence electrons. The first kappa shape index (κ1) is 16.8. The molecule has 0 spiro atoms. The number of anilines is 1. The van der Waals surface area contributed by atoms with Gasteiger partial charge < -0.3 is 10.4 Å². The minimum absolute atomic E-state index is 0.115. The van der Waals surface area contributed by atoms with Gasteiger partial charge in [0.1, 0.15) is 0 Å². The van der Waals surface area contributed by atoms with Crippen molar-refractivity contribution in [3.63, 3.8) is 0 Å². The number of aliphatic hydroxyl groups is 1. The largest absolute Gasteiger partial charge is 0.416 e. The number of halogens is 3. The zero-order valence-electron chi connectivity index (χ0n) is 12.2. The van der Waals surface area contributed by atoms with E-state index in [1.807, 2.05) is 4.90 Å². The molecule has 0 aromatic heterocycles. The molecule has 1 aromatic rings. The van der Waals surface area contributed by atoms with E-state index in [2.05, 4.69) is 5.32 Å². The van der Waals surface area contributed by atoms with Crippen LogP contribution >= 0.6 is 0 Å². The predicted octanol–water partition coefficient (Wildman–Crippen LogP) is 2.49. The zero-order chi connectivity index (χ0) is 16.3. The first-order valence-corrected chi connectivity index (χ1v) is 7.17. The lowest BCUT2D eigenvalue weighted by atomic mass is 10.1. The molecule has 0 radical (unpaired) electrons. The van der Waals surface area contributed by atoms with Crippen LogP contribution in [0.15, 0.2) is 24.3 Å². The molecule has 0 aliphatic carbocycles. The van der Waals surface area contributed by atoms with E-state index in [9.17, 15) is 23.1 Å². The van der Waals surface area contributed by atoms with Crippen LogP contribution in [-0.2, 0) is 11.0 Å². The highest BCUT2D eigenvalue weighted by Crippen LogP contribution is 2.30. The van der Waals surface area contributed by atoms with Crippen LogP contribution in [0.1, 0.15) is 25.3 Å². The first-order chi connectivity index (χ1) is 10.3. The fourth-order valence-corrected chi connectivity index (χ4v) is 2.52. The minimum atomic E-state index is -4.44. The molecule has 2 atom stereocenters. The maximum absolute atomic E-state index is 12.6. The van der Waals surface area contributed by atoms with Crippen molar-refractivity contribution in [3.05, 3.63) is 29.8 Å². The van der Waals surface area contributed by atoms with E-state index in [-0.39, 0.29) is 11.6 Å². The number of likely N-dealkylation sites (tertiary alicyclic amines) is 1. The van der Waals surface area contributed by atoms with Crippen molar-refractivity contribution in [2.24, 2.45) is 0 Å². The summed E-state index contributed by atoms with van der Waals surface area (Å²) >= 11 is 0. The fraction of sp³-hybridized carbons (Fsp3) is 0.533. The molecule has 1 aliphatic heterocycles. The Morgan fingerprint density at radius 3 is 2.82 bits per heavy atom. The number of aliphatic hydroxyl groups excluding tert-OH is 1. The fourth-order valence-electron chi connectivity index (χ4n) is 2.52. The average molecular weight is 316 g/mol. The molecule has 4 nitrogen and oxygen atoms in total. The summed E-state index contributed by atoms with van der Waals surface area (Å²) in [6, 6.07) is 4.04. The van der Waals surface area contributed by atoms with Crippen molar-refractivity contribution in [2.75, 3.05) is 18.4 Å². The molecule has 1 saturated heterocycles. The van der Waals surface area contributed by atoms with Crippen molar-refractivity contribution >= 4 is 11.6 Å². The summed E-state index contributed by atoms with van der Waals surface area (Å²) in [5.41, 5.74) is -0.685. The lowest BCUT2D eigenvalue weighted by molar-refractivity contribution is -0.137. The van der Waals surface area contributed by atoms with Crippen LogP contribution in [0.4, 0.5) is 18.9 Å². The van der Waals surface area contributed by atoms with Gasteiger partial charge in [0.05, 0.1) is 17.7 Å². The molecule has 2 unspecified atom stereocenters. The van der Waals surface area contributed by atoms with Gasteiger partial charge in [-0.3, -0.25) is 9.69 Å². The summed E-state index contributed by atoms with van der Waals surface area (Å²) in [5, 5.41) is 12.1. The highest BCUT2D eigenvalue weighted by molar-refractivity contribution is 5.94. The number of alkyl halides is 3. The number of nitrogens with one attached hydrogen (secondary N) is 1. The van der Waals surface area contributed by atoms with Gasteiger partial charge in [-0.05, 0) is 44.5 Å². The van der Waals surface area contributed by atoms with Crippen LogP contribution in [0.25, 0.3) is 0 Å². The van der Waals surface area contributed by atoms with E-state index >= 15 is 0 Å². The molecular formula is C15H19F3N2O2. The highest BCUT2D eigenvalue weighted by atomic mass is 19.4. The summed E-state index contributed by atoms with van der Waals surface area (Å²) in [5.74, 6) is -0.381. The van der Waals surface area contributed by atoms with Gasteiger partial charge in [0.25, 0.3) is 0 Å². The second kappa shape index (κ2) is 6.66. The Kier molecular flexibility index (Phi) is 5.08. The standard InChI is InChI=1S/C15H19F3N2O2/c1-10(20-7-3-6-13(21)9-20)14(22)19-12-5-2-4-11(8-12)15(16,17)18/h2,4-5,8,10,13,21H,3,6-7,9H2,1H3,(H,19,22). The molecule has 1 fully saturated rings. The second-order valence-electron chi connectivity index (χ2n) is 5.53. The van der Waals surface area contributed by atoms with E-state index in [0.29, 0.717) is 19.5 Å². The van der Waals surface area contributed by atoms with Crippen LogP contribution in [0.2, 0.25) is 0 Å². The van der Waals surface area contributed by atoms with E-state index in [4.69, 9.17) is 0 Å². The number of benzene rings is 1. The third-order valence-electron chi connectivity index (χ3n) is 3.81. The van der Waals surface area contributed by atoms with Crippen molar-refractivity contribution in [1.82, 2.24) is 4.90 Å². The van der Waals surface area contributed by atoms with Gasteiger partial charge in [0.15, 0.2) is 0 Å². The van der Waals surface area contributed by atoms with Crippen molar-refractivity contribution < 1.29 is 23.1 Å². The van der Waals surface area contributed by atoms with Gasteiger partial charge in [-0.1, -0.05) is 6.07 Å². The number of amides is 1. The Morgan fingerprint density at radius 1 is 1.45 bits per heavy atom. The molecule has 1 aromatic carbocycles. The molecule has 7 heteroatoms. The van der Waals surface area contributed by atoms with Crippen LogP contribution in [0.5, 0.6) is 0 Å². The lowest BCUT2D eigenvalue weighted by Gasteiger charge is -2.34. The van der Waals surface area contributed by atoms with E-state index in [1.165, 1.54) is 12.1 Å². The number of β-amino-alcohol motifs (C(OH)–C–C–N with tert-alkyl or cyclic N) is 1. The van der Waals surface area contributed by atoms with Crippen LogP contribution in [0.3, 0.4) is 0 Å². The number of carbonyl (C=O) groups is 1. The van der Waals surface area contributed by atoms with E-state index in [0.717, 1.165) is 18.6 Å². The molecule has 22 heavy (non-hydrogen) atoms. The molecule has 0 saturated carbocycles. The SMILES string of the molecule is CC(C(=O)Nc1cccc(C(F)(F)F)c1)N1CCCC(O)C1. The van der Waals surface area contributed by atoms with Crippen molar-refractivity contribution in [2.45, 2.75) is 38.1 Å². The molecule has 2 rings (SSSR count). The van der Waals surface area contributed by atoms with Crippen LogP contribution in [-0.4, -0.2) is 41.1 Å². The number of piperidine rings is 1. The third kappa shape index (κ3) is 4.20. The van der Waals surface area contributed by atoms with E-state index < -0.39 is 23.9 Å². The molecule has 1 heterocycles. The number of carbonyl (C=O) groups excluding carboxylic acids is 1. The van der Waals surface area contributed by atoms with E-state index in [1.54, 1.807) is 6.92 Å². The maximum atomic E-state index is 12.6. The number of nitrogens with zero attached hydrogens (tertiary/aromatic N) is 1. The first-order valence-electron chi connectivity index (χ1n) is 7.17. The summed E-state index contributed by atoms with van der Waals surface area (Å²) in [7, 11) is 0. The van der Waals surface area contributed by atoms with Crippen molar-refractivity contribution in [3.8, 4) is 0 Å². The molecule has 2 N–H and O–H groups in total. The van der Waals surface area contributed by atoms with Crippen LogP contribution < -0.4 is 5.32 Å². The second-order valence-corrected chi connectivity index (χ2v) is 5.53. The molecule has 1 aliphatic rings. The topological polar surface area (TPSA) is 52.6 Å². The number of hydrogen-bond donors (Lipinski definition) is 2. The smallest absolute Gasteiger partial charge is 0.392 e. The number of hydrogen-bond acceptors (Lipinski definition) is 3. The summed E-state index contributed by atoms with van der Waals surface area (Å²) in [6.07, 6.45) is -3.40. The minimum Gasteiger partial charge on any atom is -0.392 e. The zero-order valence-corrected chi connectivity index (χ0v) is 12.2. The van der Waals surface area contributed by atoms with Gasteiger partial charge in [-0.15, -0.1) is 0 Å². The van der Waals surface area contributed by atoms with Gasteiger partial charge in [-0.25, -0.2) is 0 Å². The normalized spacial score (nSPS) is 21.4. The summed E-state index contributed by atoms with van der Waals surface area (Å²) in [6.45, 7) is 2.77. The Hall–Kier alpha value is -1.60. The Morgan fingerprint density at radius 2 is 2.18 bits per heavy atom. The van der Waals surface area contributed by atoms with Gasteiger partial charge in [-0.2, -0.15) is 13.2 Å². The maximum Gasteiger partial charge on any atom is 0.416 e. The van der Waals surface area contributed by atoms with Crippen LogP contribution in [0, 0.1) is 0 Å². The highest BCUT2D eigenvalue weighted by Gasteiger charge is 2.31. The molecule has 0 bridgehead atoms. The van der Waals surface area contributed by atoms with Gasteiger partial charge >= 0.3 is 6.18 Å².